The van der Waals surface area contributed by atoms with E-state index in [1.165, 1.54) is 31.8 Å². The van der Waals surface area contributed by atoms with Crippen LogP contribution in [0.1, 0.15) is 0 Å². The molecule has 1 aliphatic heterocycles. The van der Waals surface area contributed by atoms with Crippen molar-refractivity contribution in [2.75, 3.05) is 5.90 Å². The predicted molar refractivity (Wildman–Crippen MR) is 174 cm³/mol. The van der Waals surface area contributed by atoms with Crippen LogP contribution in [0, 0.1) is 6.07 Å². The molecule has 6 aromatic carbocycles. The van der Waals surface area contributed by atoms with E-state index in [4.69, 9.17) is 0 Å². The predicted octanol–water partition coefficient (Wildman–Crippen LogP) is 6.73. The van der Waals surface area contributed by atoms with Gasteiger partial charge in [-0.2, -0.15) is 0 Å². The molecule has 1 radical (unpaired) electrons. The Hall–Kier alpha value is -3.82. The molecule has 1 fully saturated rings. The van der Waals surface area contributed by atoms with Crippen molar-refractivity contribution < 1.29 is 0 Å². The van der Waals surface area contributed by atoms with E-state index in [1.54, 1.807) is 0 Å². The molecule has 0 aromatic heterocycles. The van der Waals surface area contributed by atoms with Crippen molar-refractivity contribution >= 4 is 44.4 Å². The molecule has 0 N–H and O–H groups in total. The van der Waals surface area contributed by atoms with E-state index in [0.717, 1.165) is 5.90 Å². The zero-order valence-electron chi connectivity index (χ0n) is 21.8. The Morgan fingerprint density at radius 3 is 0.949 bits per heavy atom. The van der Waals surface area contributed by atoms with E-state index in [0.29, 0.717) is 0 Å². The van der Waals surface area contributed by atoms with Crippen molar-refractivity contribution in [3.8, 4) is 0 Å². The molecule has 1 aliphatic rings. The summed E-state index contributed by atoms with van der Waals surface area (Å²) < 4.78 is 0. The first-order valence-electron chi connectivity index (χ1n) is 13.6. The van der Waals surface area contributed by atoms with E-state index in [1.807, 2.05) is 0 Å². The van der Waals surface area contributed by atoms with Crippen LogP contribution < -0.4 is 31.8 Å². The Balaban J connectivity index is 1.85. The fraction of sp³-hybridized carbons (Fsp3) is 0.0270. The summed E-state index contributed by atoms with van der Waals surface area (Å²) in [5, 5.41) is 8.64. The van der Waals surface area contributed by atoms with E-state index in [9.17, 15) is 0 Å². The third-order valence-electron chi connectivity index (χ3n) is 9.21. The molecule has 0 bridgehead atoms. The average Bonchev–Trinajstić information content (AvgIpc) is 3.69. The number of benzene rings is 6. The molecule has 0 saturated carbocycles. The van der Waals surface area contributed by atoms with Gasteiger partial charge < -0.3 is 0 Å². The Morgan fingerprint density at radius 1 is 0.333 bits per heavy atom. The van der Waals surface area contributed by atoms with Crippen LogP contribution in [0.15, 0.2) is 176 Å². The summed E-state index contributed by atoms with van der Waals surface area (Å²) in [6, 6.07) is 70.0. The van der Waals surface area contributed by atoms with Crippen LogP contribution in [0.3, 0.4) is 0 Å². The molecule has 6 aromatic rings. The van der Waals surface area contributed by atoms with Gasteiger partial charge in [-0.1, -0.05) is 0 Å². The summed E-state index contributed by atoms with van der Waals surface area (Å²) in [5.41, 5.74) is 0. The summed E-state index contributed by atoms with van der Waals surface area (Å²) in [4.78, 5) is 0. The Labute approximate surface area is 231 Å². The Kier molecular flexibility index (Phi) is 5.50. The SMILES string of the molecule is [c]1ccccc1P1(c2ccccc2)(c2ccccc2)CP1(c1ccccc1)(c1ccccc1)c1ccccc1. The topological polar surface area (TPSA) is 0 Å². The van der Waals surface area contributed by atoms with Crippen molar-refractivity contribution in [3.05, 3.63) is 182 Å². The van der Waals surface area contributed by atoms with Gasteiger partial charge in [0.1, 0.15) is 0 Å². The first-order valence-corrected chi connectivity index (χ1v) is 19.1. The van der Waals surface area contributed by atoms with Crippen LogP contribution in [0.5, 0.6) is 0 Å². The first-order chi connectivity index (χ1) is 19.3. The van der Waals surface area contributed by atoms with Gasteiger partial charge >= 0.3 is 232 Å². The van der Waals surface area contributed by atoms with Gasteiger partial charge in [0.25, 0.3) is 0 Å². The Morgan fingerprint density at radius 2 is 0.641 bits per heavy atom. The minimum atomic E-state index is -3.25. The van der Waals surface area contributed by atoms with Crippen molar-refractivity contribution in [3.63, 3.8) is 0 Å². The molecule has 1 saturated heterocycles. The van der Waals surface area contributed by atoms with Crippen molar-refractivity contribution in [1.29, 1.82) is 0 Å². The number of rotatable bonds is 6. The van der Waals surface area contributed by atoms with Crippen molar-refractivity contribution in [2.45, 2.75) is 0 Å². The van der Waals surface area contributed by atoms with Gasteiger partial charge in [-0.3, -0.25) is 0 Å². The van der Waals surface area contributed by atoms with Crippen molar-refractivity contribution in [1.82, 2.24) is 0 Å². The molecule has 0 spiro atoms. The van der Waals surface area contributed by atoms with Gasteiger partial charge in [-0.15, -0.1) is 0 Å². The molecule has 0 unspecified atom stereocenters. The minimum absolute atomic E-state index is 1.09. The number of hydrogen-bond acceptors (Lipinski definition) is 0. The fourth-order valence-corrected chi connectivity index (χ4v) is 40.2. The van der Waals surface area contributed by atoms with Crippen LogP contribution in [0.25, 0.3) is 0 Å². The molecule has 0 nitrogen and oxygen atoms in total. The normalized spacial score (nSPS) is 19.8. The molecule has 39 heavy (non-hydrogen) atoms. The molecular weight excluding hydrogens is 506 g/mol. The van der Waals surface area contributed by atoms with Gasteiger partial charge in [0, 0.05) is 0 Å². The van der Waals surface area contributed by atoms with Gasteiger partial charge in [0.15, 0.2) is 0 Å². The van der Waals surface area contributed by atoms with Crippen LogP contribution >= 0.6 is 12.6 Å². The zero-order valence-corrected chi connectivity index (χ0v) is 23.6. The maximum atomic E-state index is 3.89. The molecule has 0 aliphatic carbocycles. The third kappa shape index (κ3) is 2.71. The van der Waals surface area contributed by atoms with Gasteiger partial charge in [0.2, 0.25) is 0 Å². The van der Waals surface area contributed by atoms with Crippen LogP contribution in [0.2, 0.25) is 0 Å². The van der Waals surface area contributed by atoms with Gasteiger partial charge in [-0.05, 0) is 0 Å². The molecule has 189 valence electrons. The van der Waals surface area contributed by atoms with Crippen LogP contribution in [-0.4, -0.2) is 5.90 Å². The molecule has 7 rings (SSSR count). The zero-order chi connectivity index (χ0) is 26.3. The molecule has 2 heteroatoms. The van der Waals surface area contributed by atoms with Crippen LogP contribution in [0.4, 0.5) is 0 Å². The first kappa shape index (κ1) is 24.2. The standard InChI is InChI=1S/C37H31P2/c1-7-19-32(20-8-1)38(33-21-9-2-10-22-33,34-23-11-3-12-24-34)31-39(38,35-25-13-4-14-26-35,36-27-15-5-16-28-36)37-29-17-6-18-30-37/h1-29H,31H2. The molecule has 0 amide bonds. The van der Waals surface area contributed by atoms with E-state index < -0.39 is 12.6 Å². The summed E-state index contributed by atoms with van der Waals surface area (Å²) in [6.07, 6.45) is -6.48. The fourth-order valence-electron chi connectivity index (χ4n) is 7.81. The average molecular weight is 538 g/mol. The van der Waals surface area contributed by atoms with Gasteiger partial charge in [-0.25, -0.2) is 0 Å². The Bertz CT molecular complexity index is 1390. The molecular formula is C37H31P2. The summed E-state index contributed by atoms with van der Waals surface area (Å²) in [7, 11) is 0. The number of hydrogen-bond donors (Lipinski definition) is 0. The molecule has 0 atom stereocenters. The van der Waals surface area contributed by atoms with E-state index in [-0.39, 0.29) is 0 Å². The maximum absolute atomic E-state index is 3.89. The van der Waals surface area contributed by atoms with Crippen LogP contribution in [-0.2, 0) is 0 Å². The second kappa shape index (κ2) is 8.86. The van der Waals surface area contributed by atoms with E-state index >= 15 is 0 Å². The molecule has 1 heterocycles. The monoisotopic (exact) mass is 537 g/mol. The second-order valence-corrected chi connectivity index (χ2v) is 25.1. The third-order valence-corrected chi connectivity index (χ3v) is 33.2. The van der Waals surface area contributed by atoms with Crippen molar-refractivity contribution in [2.24, 2.45) is 0 Å². The van der Waals surface area contributed by atoms with Gasteiger partial charge in [0.05, 0.1) is 0 Å². The summed E-state index contributed by atoms with van der Waals surface area (Å²) in [5.74, 6) is 1.09. The van der Waals surface area contributed by atoms with E-state index in [2.05, 4.69) is 182 Å². The second-order valence-electron chi connectivity index (χ2n) is 10.6. The summed E-state index contributed by atoms with van der Waals surface area (Å²) in [6.45, 7) is 0. The quantitative estimate of drug-likeness (QED) is 0.207. The summed E-state index contributed by atoms with van der Waals surface area (Å²) >= 11 is 0.